The average molecular weight is 263 g/mol. The number of hydrogen-bond donors (Lipinski definition) is 2. The predicted octanol–water partition coefficient (Wildman–Crippen LogP) is 0.949. The highest BCUT2D eigenvalue weighted by molar-refractivity contribution is 5.87. The van der Waals surface area contributed by atoms with Crippen molar-refractivity contribution in [3.05, 3.63) is 28.7 Å². The quantitative estimate of drug-likeness (QED) is 0.803. The largest absolute Gasteiger partial charge is 0.420 e. The molecule has 1 heterocycles. The number of nitrogens with one attached hydrogen (secondary N) is 1. The first kappa shape index (κ1) is 13.2. The maximum absolute atomic E-state index is 11.8. The van der Waals surface area contributed by atoms with Crippen LogP contribution < -0.4 is 16.8 Å². The van der Waals surface area contributed by atoms with E-state index in [4.69, 9.17) is 10.2 Å². The van der Waals surface area contributed by atoms with Gasteiger partial charge >= 0.3 is 5.76 Å². The molecule has 0 unspecified atom stereocenters. The summed E-state index contributed by atoms with van der Waals surface area (Å²) in [5, 5.41) is 2.75. The van der Waals surface area contributed by atoms with Gasteiger partial charge in [0.1, 0.15) is 12.1 Å². The van der Waals surface area contributed by atoms with Crippen LogP contribution in [0.4, 0.5) is 5.69 Å². The molecule has 3 N–H and O–H groups in total. The Bertz CT molecular complexity index is 655. The summed E-state index contributed by atoms with van der Waals surface area (Å²) < 4.78 is 6.30. The van der Waals surface area contributed by atoms with Gasteiger partial charge < -0.3 is 15.5 Å². The summed E-state index contributed by atoms with van der Waals surface area (Å²) in [7, 11) is 0. The fraction of sp³-hybridized carbons (Fsp3) is 0.385. The molecule has 0 aliphatic heterocycles. The molecule has 1 amide bonds. The van der Waals surface area contributed by atoms with Gasteiger partial charge in [-0.05, 0) is 18.1 Å². The summed E-state index contributed by atoms with van der Waals surface area (Å²) in [5.41, 5.74) is 7.09. The molecule has 0 aliphatic rings. The number of hydrogen-bond acceptors (Lipinski definition) is 4. The van der Waals surface area contributed by atoms with E-state index >= 15 is 0 Å². The van der Waals surface area contributed by atoms with Crippen molar-refractivity contribution in [2.24, 2.45) is 5.92 Å². The summed E-state index contributed by atoms with van der Waals surface area (Å²) >= 11 is 0. The zero-order valence-electron chi connectivity index (χ0n) is 11.0. The van der Waals surface area contributed by atoms with Crippen LogP contribution in [0.15, 0.2) is 27.4 Å². The fourth-order valence-electron chi connectivity index (χ4n) is 1.81. The number of amides is 1. The van der Waals surface area contributed by atoms with Crippen LogP contribution in [0.3, 0.4) is 0 Å². The van der Waals surface area contributed by atoms with Crippen molar-refractivity contribution in [3.8, 4) is 0 Å². The van der Waals surface area contributed by atoms with Crippen LogP contribution in [0.5, 0.6) is 0 Å². The van der Waals surface area contributed by atoms with Crippen molar-refractivity contribution in [1.29, 1.82) is 0 Å². The number of nitrogen functional groups attached to an aromatic ring is 1. The normalized spacial score (nSPS) is 11.1. The van der Waals surface area contributed by atoms with Gasteiger partial charge in [-0.3, -0.25) is 9.36 Å². The first-order valence-electron chi connectivity index (χ1n) is 6.13. The van der Waals surface area contributed by atoms with E-state index in [9.17, 15) is 9.59 Å². The van der Waals surface area contributed by atoms with Gasteiger partial charge in [0.05, 0.1) is 5.69 Å². The molecule has 0 bridgehead atoms. The average Bonchev–Trinajstić information content (AvgIpc) is 2.65. The second-order valence-electron chi connectivity index (χ2n) is 4.85. The summed E-state index contributed by atoms with van der Waals surface area (Å²) in [4.78, 5) is 23.5. The van der Waals surface area contributed by atoms with Crippen molar-refractivity contribution in [2.45, 2.75) is 20.4 Å². The summed E-state index contributed by atoms with van der Waals surface area (Å²) in [5.74, 6) is -0.457. The number of anilines is 1. The minimum Gasteiger partial charge on any atom is -0.408 e. The zero-order chi connectivity index (χ0) is 14.0. The van der Waals surface area contributed by atoms with Gasteiger partial charge in [-0.15, -0.1) is 0 Å². The Morgan fingerprint density at radius 2 is 2.21 bits per heavy atom. The predicted molar refractivity (Wildman–Crippen MR) is 72.7 cm³/mol. The van der Waals surface area contributed by atoms with Gasteiger partial charge in [0, 0.05) is 6.54 Å². The molecule has 6 heteroatoms. The molecule has 1 aromatic heterocycles. The lowest BCUT2D eigenvalue weighted by Gasteiger charge is -2.08. The van der Waals surface area contributed by atoms with Gasteiger partial charge in [0.15, 0.2) is 5.58 Å². The molecule has 0 saturated heterocycles. The zero-order valence-corrected chi connectivity index (χ0v) is 11.0. The van der Waals surface area contributed by atoms with E-state index in [1.165, 1.54) is 4.57 Å². The molecule has 6 nitrogen and oxygen atoms in total. The SMILES string of the molecule is CC(C)CNC(=O)Cn1c(=O)oc2cccc(N)c21. The Balaban J connectivity index is 2.28. The highest BCUT2D eigenvalue weighted by Gasteiger charge is 2.14. The number of oxazole rings is 1. The van der Waals surface area contributed by atoms with Crippen LogP contribution in [0.1, 0.15) is 13.8 Å². The van der Waals surface area contributed by atoms with Crippen LogP contribution in [-0.2, 0) is 11.3 Å². The number of benzene rings is 1. The summed E-state index contributed by atoms with van der Waals surface area (Å²) in [6.45, 7) is 4.47. The lowest BCUT2D eigenvalue weighted by molar-refractivity contribution is -0.121. The Kier molecular flexibility index (Phi) is 3.59. The molecule has 0 aliphatic carbocycles. The molecule has 0 saturated carbocycles. The molecule has 102 valence electrons. The first-order valence-corrected chi connectivity index (χ1v) is 6.13. The van der Waals surface area contributed by atoms with E-state index in [2.05, 4.69) is 5.32 Å². The van der Waals surface area contributed by atoms with Crippen LogP contribution in [0, 0.1) is 5.92 Å². The lowest BCUT2D eigenvalue weighted by atomic mass is 10.2. The number of carbonyl (C=O) groups excluding carboxylic acids is 1. The molecule has 0 radical (unpaired) electrons. The van der Waals surface area contributed by atoms with Crippen LogP contribution in [0.2, 0.25) is 0 Å². The molecule has 0 fully saturated rings. The van der Waals surface area contributed by atoms with E-state index in [1.807, 2.05) is 13.8 Å². The number of nitrogens with zero attached hydrogens (tertiary/aromatic N) is 1. The van der Waals surface area contributed by atoms with E-state index in [0.717, 1.165) is 0 Å². The minimum atomic E-state index is -0.576. The number of fused-ring (bicyclic) bond motifs is 1. The highest BCUT2D eigenvalue weighted by atomic mass is 16.4. The smallest absolute Gasteiger partial charge is 0.408 e. The third-order valence-corrected chi connectivity index (χ3v) is 2.73. The number of para-hydroxylation sites is 1. The minimum absolute atomic E-state index is 0.0905. The third kappa shape index (κ3) is 2.78. The number of nitrogens with two attached hydrogens (primary N) is 1. The van der Waals surface area contributed by atoms with E-state index in [0.29, 0.717) is 29.2 Å². The van der Waals surface area contributed by atoms with Crippen molar-refractivity contribution < 1.29 is 9.21 Å². The number of aromatic nitrogens is 1. The molecule has 0 atom stereocenters. The highest BCUT2D eigenvalue weighted by Crippen LogP contribution is 2.19. The molecular weight excluding hydrogens is 246 g/mol. The Morgan fingerprint density at radius 1 is 1.47 bits per heavy atom. The van der Waals surface area contributed by atoms with Gasteiger partial charge in [-0.1, -0.05) is 19.9 Å². The first-order chi connectivity index (χ1) is 8.99. The molecule has 2 rings (SSSR count). The second-order valence-corrected chi connectivity index (χ2v) is 4.85. The maximum Gasteiger partial charge on any atom is 0.420 e. The lowest BCUT2D eigenvalue weighted by Crippen LogP contribution is -2.33. The van der Waals surface area contributed by atoms with E-state index in [-0.39, 0.29) is 12.5 Å². The van der Waals surface area contributed by atoms with Crippen LogP contribution in [0.25, 0.3) is 11.1 Å². The molecule has 2 aromatic rings. The number of rotatable bonds is 4. The van der Waals surface area contributed by atoms with Gasteiger partial charge in [0.25, 0.3) is 0 Å². The monoisotopic (exact) mass is 263 g/mol. The Hall–Kier alpha value is -2.24. The van der Waals surface area contributed by atoms with Crippen molar-refractivity contribution in [2.75, 3.05) is 12.3 Å². The van der Waals surface area contributed by atoms with Gasteiger partial charge in [-0.25, -0.2) is 4.79 Å². The molecule has 0 spiro atoms. The Morgan fingerprint density at radius 3 is 2.89 bits per heavy atom. The topological polar surface area (TPSA) is 90.3 Å². The fourth-order valence-corrected chi connectivity index (χ4v) is 1.81. The second kappa shape index (κ2) is 5.17. The van der Waals surface area contributed by atoms with Gasteiger partial charge in [0.2, 0.25) is 5.91 Å². The Labute approximate surface area is 110 Å². The van der Waals surface area contributed by atoms with Crippen molar-refractivity contribution in [3.63, 3.8) is 0 Å². The third-order valence-electron chi connectivity index (χ3n) is 2.73. The number of carbonyl (C=O) groups is 1. The van der Waals surface area contributed by atoms with Crippen molar-refractivity contribution >= 4 is 22.7 Å². The molecular formula is C13H17N3O3. The van der Waals surface area contributed by atoms with E-state index in [1.54, 1.807) is 18.2 Å². The standard InChI is InChI=1S/C13H17N3O3/c1-8(2)6-15-11(17)7-16-12-9(14)4-3-5-10(12)19-13(16)18/h3-5,8H,6-7,14H2,1-2H3,(H,15,17). The molecule has 1 aromatic carbocycles. The van der Waals surface area contributed by atoms with Crippen molar-refractivity contribution in [1.82, 2.24) is 9.88 Å². The maximum atomic E-state index is 11.8. The summed E-state index contributed by atoms with van der Waals surface area (Å²) in [6, 6.07) is 5.01. The van der Waals surface area contributed by atoms with Gasteiger partial charge in [-0.2, -0.15) is 0 Å². The summed E-state index contributed by atoms with van der Waals surface area (Å²) in [6.07, 6.45) is 0. The molecule has 19 heavy (non-hydrogen) atoms. The van der Waals surface area contributed by atoms with Crippen LogP contribution >= 0.6 is 0 Å². The van der Waals surface area contributed by atoms with E-state index < -0.39 is 5.76 Å². The van der Waals surface area contributed by atoms with Crippen LogP contribution in [-0.4, -0.2) is 17.0 Å².